The Labute approximate surface area is 296 Å². The predicted octanol–water partition coefficient (Wildman–Crippen LogP) is 3.46. The fraction of sp³-hybridized carbons (Fsp3) is 0.576. The van der Waals surface area contributed by atoms with E-state index in [1.807, 2.05) is 0 Å². The van der Waals surface area contributed by atoms with Crippen molar-refractivity contribution in [2.24, 2.45) is 22.4 Å². The minimum absolute atomic E-state index is 0.0106. The molecule has 2 saturated heterocycles. The second-order valence-corrected chi connectivity index (χ2v) is 12.9. The van der Waals surface area contributed by atoms with Gasteiger partial charge < -0.3 is 37.0 Å². The van der Waals surface area contributed by atoms with E-state index >= 15 is 0 Å². The first kappa shape index (κ1) is 39.9. The number of carboxylic acid groups (broad SMARTS) is 1. The molecule has 19 heteroatoms. The summed E-state index contributed by atoms with van der Waals surface area (Å²) in [6.07, 6.45) is -5.41. The van der Waals surface area contributed by atoms with Crippen molar-refractivity contribution in [1.82, 2.24) is 20.6 Å². The number of hydrogen-bond donors (Lipinski definition) is 5. The fourth-order valence-electron chi connectivity index (χ4n) is 6.33. The summed E-state index contributed by atoms with van der Waals surface area (Å²) < 4.78 is 80.4. The molecule has 0 unspecified atom stereocenters. The van der Waals surface area contributed by atoms with E-state index in [0.717, 1.165) is 18.6 Å². The topological polar surface area (TPSA) is 192 Å². The number of nitrogens with zero attached hydrogens (tertiary/aromatic N) is 5. The van der Waals surface area contributed by atoms with Gasteiger partial charge in [-0.3, -0.25) is 9.59 Å². The van der Waals surface area contributed by atoms with Crippen LogP contribution in [0.15, 0.2) is 35.3 Å². The van der Waals surface area contributed by atoms with Gasteiger partial charge in [0.25, 0.3) is 0 Å². The number of benzene rings is 1. The van der Waals surface area contributed by atoms with Gasteiger partial charge in [0.05, 0.1) is 5.56 Å². The fourth-order valence-corrected chi connectivity index (χ4v) is 6.33. The van der Waals surface area contributed by atoms with Gasteiger partial charge in [-0.1, -0.05) is 12.1 Å². The van der Waals surface area contributed by atoms with E-state index in [0.29, 0.717) is 63.8 Å². The summed E-state index contributed by atoms with van der Waals surface area (Å²) >= 11 is 0. The standard InChI is InChI=1S/C33H43F6N9O4/c34-32(35,36)22-7-5-21(6-8-22)11-15-43-28(50)24-4-2-16-48(24)26-19-25(45-30(46-26)33(37,38)39)47-17-12-20(13-18-47)3-1-14-42-27(49)10-9-23(29(51)52)44-31(40)41/h5-8,19-20,23-24H,1-4,9-18H2,(H,42,49)(H,43,50)(H,51,52)(H4,40,41,44)/t23-,24-/m0/s1. The number of anilines is 2. The highest BCUT2D eigenvalue weighted by Gasteiger charge is 2.39. The molecule has 286 valence electrons. The Kier molecular flexibility index (Phi) is 13.5. The van der Waals surface area contributed by atoms with Crippen LogP contribution in [0.1, 0.15) is 68.3 Å². The Morgan fingerprint density at radius 3 is 2.21 bits per heavy atom. The molecule has 2 atom stereocenters. The van der Waals surface area contributed by atoms with E-state index in [1.54, 1.807) is 4.90 Å². The number of alkyl halides is 6. The molecule has 0 saturated carbocycles. The Bertz CT molecular complexity index is 1560. The molecule has 3 heterocycles. The van der Waals surface area contributed by atoms with E-state index < -0.39 is 47.7 Å². The minimum Gasteiger partial charge on any atom is -0.480 e. The minimum atomic E-state index is -4.83. The SMILES string of the molecule is NC(N)=N[C@@H](CCC(=O)NCCCC1CCN(c2cc(N3CCC[C@H]3C(=O)NCCc3ccc(C(F)(F)F)cc3)nc(C(F)(F)F)n2)CC1)C(=O)O. The predicted molar refractivity (Wildman–Crippen MR) is 179 cm³/mol. The molecule has 0 spiro atoms. The van der Waals surface area contributed by atoms with Crippen LogP contribution in [-0.2, 0) is 33.2 Å². The summed E-state index contributed by atoms with van der Waals surface area (Å²) in [6, 6.07) is 4.09. The molecule has 0 radical (unpaired) electrons. The van der Waals surface area contributed by atoms with Crippen molar-refractivity contribution in [2.75, 3.05) is 42.5 Å². The average Bonchev–Trinajstić information content (AvgIpc) is 3.58. The van der Waals surface area contributed by atoms with E-state index in [2.05, 4.69) is 25.6 Å². The first-order chi connectivity index (χ1) is 24.5. The summed E-state index contributed by atoms with van der Waals surface area (Å²) in [4.78, 5) is 51.0. The summed E-state index contributed by atoms with van der Waals surface area (Å²) in [6.45, 7) is 1.70. The van der Waals surface area contributed by atoms with Crippen molar-refractivity contribution < 1.29 is 45.8 Å². The maximum Gasteiger partial charge on any atom is 0.451 e. The molecule has 2 aliphatic rings. The lowest BCUT2D eigenvalue weighted by molar-refractivity contribution is -0.145. The highest BCUT2D eigenvalue weighted by atomic mass is 19.4. The zero-order valence-corrected chi connectivity index (χ0v) is 28.3. The van der Waals surface area contributed by atoms with Gasteiger partial charge in [-0.2, -0.15) is 26.3 Å². The van der Waals surface area contributed by atoms with Gasteiger partial charge in [-0.15, -0.1) is 0 Å². The van der Waals surface area contributed by atoms with Gasteiger partial charge in [-0.25, -0.2) is 19.8 Å². The van der Waals surface area contributed by atoms with Crippen LogP contribution in [0.25, 0.3) is 0 Å². The van der Waals surface area contributed by atoms with Crippen molar-refractivity contribution in [3.63, 3.8) is 0 Å². The molecule has 52 heavy (non-hydrogen) atoms. The molecule has 4 rings (SSSR count). The van der Waals surface area contributed by atoms with Crippen LogP contribution in [0, 0.1) is 5.92 Å². The van der Waals surface area contributed by atoms with Gasteiger partial charge in [0, 0.05) is 45.2 Å². The first-order valence-corrected chi connectivity index (χ1v) is 17.0. The highest BCUT2D eigenvalue weighted by molar-refractivity contribution is 5.86. The third-order valence-electron chi connectivity index (χ3n) is 9.08. The number of aliphatic carboxylic acids is 1. The van der Waals surface area contributed by atoms with Gasteiger partial charge in [-0.05, 0) is 75.0 Å². The van der Waals surface area contributed by atoms with Crippen molar-refractivity contribution in [1.29, 1.82) is 0 Å². The number of carbonyl (C=O) groups is 3. The van der Waals surface area contributed by atoms with E-state index in [9.17, 15) is 40.7 Å². The number of aromatic nitrogens is 2. The molecule has 13 nitrogen and oxygen atoms in total. The lowest BCUT2D eigenvalue weighted by Crippen LogP contribution is -2.44. The van der Waals surface area contributed by atoms with Crippen LogP contribution in [-0.4, -0.2) is 83.6 Å². The van der Waals surface area contributed by atoms with E-state index in [1.165, 1.54) is 23.1 Å². The van der Waals surface area contributed by atoms with Gasteiger partial charge in [0.1, 0.15) is 17.7 Å². The maximum absolute atomic E-state index is 14.0. The van der Waals surface area contributed by atoms with Crippen LogP contribution in [0.4, 0.5) is 38.0 Å². The summed E-state index contributed by atoms with van der Waals surface area (Å²) in [5.74, 6) is -3.30. The Hall–Kier alpha value is -4.84. The van der Waals surface area contributed by atoms with Crippen molar-refractivity contribution in [3.05, 3.63) is 47.3 Å². The molecule has 0 bridgehead atoms. The number of halogens is 6. The molecule has 2 aliphatic heterocycles. The van der Waals surface area contributed by atoms with Crippen LogP contribution < -0.4 is 31.9 Å². The lowest BCUT2D eigenvalue weighted by Gasteiger charge is -2.34. The van der Waals surface area contributed by atoms with E-state index in [-0.39, 0.29) is 55.2 Å². The monoisotopic (exact) mass is 743 g/mol. The smallest absolute Gasteiger partial charge is 0.451 e. The van der Waals surface area contributed by atoms with Crippen molar-refractivity contribution in [2.45, 2.75) is 82.2 Å². The molecule has 0 aliphatic carbocycles. The Balaban J connectivity index is 1.29. The molecule has 2 fully saturated rings. The first-order valence-electron chi connectivity index (χ1n) is 17.0. The molecule has 1 aromatic heterocycles. The van der Waals surface area contributed by atoms with Crippen LogP contribution in [0.2, 0.25) is 0 Å². The molecule has 7 N–H and O–H groups in total. The van der Waals surface area contributed by atoms with Crippen LogP contribution in [0.3, 0.4) is 0 Å². The maximum atomic E-state index is 14.0. The second-order valence-electron chi connectivity index (χ2n) is 12.9. The summed E-state index contributed by atoms with van der Waals surface area (Å²) in [7, 11) is 0. The molecule has 2 amide bonds. The average molecular weight is 744 g/mol. The zero-order chi connectivity index (χ0) is 38.1. The Morgan fingerprint density at radius 1 is 0.923 bits per heavy atom. The van der Waals surface area contributed by atoms with Crippen LogP contribution in [0.5, 0.6) is 0 Å². The summed E-state index contributed by atoms with van der Waals surface area (Å²) in [5.41, 5.74) is 10.3. The van der Waals surface area contributed by atoms with Gasteiger partial charge >= 0.3 is 18.3 Å². The second kappa shape index (κ2) is 17.6. The quantitative estimate of drug-likeness (QED) is 0.0782. The van der Waals surface area contributed by atoms with Gasteiger partial charge in [0.2, 0.25) is 17.6 Å². The number of hydrogen-bond acceptors (Lipinski definition) is 8. The molecular weight excluding hydrogens is 700 g/mol. The number of guanidine groups is 1. The molecule has 1 aromatic carbocycles. The zero-order valence-electron chi connectivity index (χ0n) is 28.3. The largest absolute Gasteiger partial charge is 0.480 e. The normalized spacial score (nSPS) is 17.5. The number of carbonyl (C=O) groups excluding carboxylic acids is 2. The number of rotatable bonds is 15. The van der Waals surface area contributed by atoms with Crippen LogP contribution >= 0.6 is 0 Å². The third-order valence-corrected chi connectivity index (χ3v) is 9.08. The van der Waals surface area contributed by atoms with Crippen molar-refractivity contribution >= 4 is 35.4 Å². The molecular formula is C33H43F6N9O4. The number of aliphatic imine (C=N–C) groups is 1. The lowest BCUT2D eigenvalue weighted by atomic mass is 9.92. The molecule has 2 aromatic rings. The van der Waals surface area contributed by atoms with Crippen molar-refractivity contribution in [3.8, 4) is 0 Å². The number of amides is 2. The van der Waals surface area contributed by atoms with Gasteiger partial charge in [0.15, 0.2) is 12.0 Å². The number of piperidine rings is 1. The number of nitrogens with one attached hydrogen (secondary N) is 2. The Morgan fingerprint density at radius 2 is 1.60 bits per heavy atom. The van der Waals surface area contributed by atoms with E-state index in [4.69, 9.17) is 16.6 Å². The number of nitrogens with two attached hydrogens (primary N) is 2. The number of carboxylic acids is 1. The third kappa shape index (κ3) is 11.6. The highest BCUT2D eigenvalue weighted by Crippen LogP contribution is 2.34. The summed E-state index contributed by atoms with van der Waals surface area (Å²) in [5, 5.41) is 14.7.